The van der Waals surface area contributed by atoms with Crippen molar-refractivity contribution in [3.8, 4) is 0 Å². The summed E-state index contributed by atoms with van der Waals surface area (Å²) >= 11 is 0. The quantitative estimate of drug-likeness (QED) is 0.621. The highest BCUT2D eigenvalue weighted by atomic mass is 16.4. The molecule has 1 aliphatic rings. The first kappa shape index (κ1) is 13.9. The number of carbonyl (C=O) groups excluding carboxylic acids is 3. The van der Waals surface area contributed by atoms with E-state index in [4.69, 9.17) is 5.11 Å². The highest BCUT2D eigenvalue weighted by Gasteiger charge is 2.36. The Labute approximate surface area is 104 Å². The van der Waals surface area contributed by atoms with Gasteiger partial charge in [0.05, 0.1) is 0 Å². The van der Waals surface area contributed by atoms with Gasteiger partial charge in [0, 0.05) is 7.05 Å². The second-order valence-corrected chi connectivity index (χ2v) is 4.00. The molecule has 100 valence electrons. The zero-order valence-electron chi connectivity index (χ0n) is 10.2. The molecule has 18 heavy (non-hydrogen) atoms. The maximum absolute atomic E-state index is 12.0. The van der Waals surface area contributed by atoms with E-state index in [9.17, 15) is 19.2 Å². The van der Waals surface area contributed by atoms with Crippen LogP contribution in [0.25, 0.3) is 0 Å². The normalized spacial score (nSPS) is 19.4. The molecule has 1 fully saturated rings. The molecule has 0 radical (unpaired) electrons. The summed E-state index contributed by atoms with van der Waals surface area (Å²) < 4.78 is 0. The van der Waals surface area contributed by atoms with Crippen LogP contribution in [0.2, 0.25) is 0 Å². The number of hydrogen-bond acceptors (Lipinski definition) is 4. The van der Waals surface area contributed by atoms with Crippen LogP contribution < -0.4 is 5.32 Å². The molecule has 0 aromatic heterocycles. The first-order valence-electron chi connectivity index (χ1n) is 5.44. The van der Waals surface area contributed by atoms with Crippen LogP contribution in [0.3, 0.4) is 0 Å². The molecule has 1 saturated heterocycles. The molecule has 4 amide bonds. The second kappa shape index (κ2) is 5.48. The van der Waals surface area contributed by atoms with Gasteiger partial charge in [0.15, 0.2) is 0 Å². The largest absolute Gasteiger partial charge is 0.480 e. The Balaban J connectivity index is 2.83. The summed E-state index contributed by atoms with van der Waals surface area (Å²) in [6, 6.07) is -1.39. The Bertz CT molecular complexity index is 395. The molecule has 1 atom stereocenters. The van der Waals surface area contributed by atoms with E-state index in [0.717, 1.165) is 9.80 Å². The Morgan fingerprint density at radius 1 is 1.50 bits per heavy atom. The van der Waals surface area contributed by atoms with Crippen molar-refractivity contribution in [1.29, 1.82) is 0 Å². The summed E-state index contributed by atoms with van der Waals surface area (Å²) in [6.07, 6.45) is 0.353. The van der Waals surface area contributed by atoms with Crippen molar-refractivity contribution < 1.29 is 24.3 Å². The smallest absolute Gasteiger partial charge is 0.323 e. The number of aliphatic carboxylic acids is 1. The molecule has 0 bridgehead atoms. The van der Waals surface area contributed by atoms with Crippen LogP contribution in [-0.2, 0) is 14.4 Å². The molecule has 0 spiro atoms. The Hall–Kier alpha value is -2.12. The van der Waals surface area contributed by atoms with Crippen molar-refractivity contribution in [3.63, 3.8) is 0 Å². The second-order valence-electron chi connectivity index (χ2n) is 4.00. The van der Waals surface area contributed by atoms with Crippen LogP contribution in [0.15, 0.2) is 0 Å². The van der Waals surface area contributed by atoms with Gasteiger partial charge in [-0.3, -0.25) is 19.7 Å². The third-order valence-electron chi connectivity index (χ3n) is 2.59. The van der Waals surface area contributed by atoms with E-state index in [-0.39, 0.29) is 6.54 Å². The van der Waals surface area contributed by atoms with Crippen molar-refractivity contribution in [1.82, 2.24) is 15.1 Å². The number of rotatable bonds is 3. The van der Waals surface area contributed by atoms with Crippen molar-refractivity contribution >= 4 is 23.8 Å². The van der Waals surface area contributed by atoms with E-state index in [1.54, 1.807) is 6.92 Å². The van der Waals surface area contributed by atoms with Gasteiger partial charge in [-0.1, -0.05) is 6.92 Å². The molecule has 1 aliphatic heterocycles. The summed E-state index contributed by atoms with van der Waals surface area (Å²) in [6.45, 7) is 0.978. The maximum atomic E-state index is 12.0. The van der Waals surface area contributed by atoms with E-state index in [1.165, 1.54) is 7.05 Å². The van der Waals surface area contributed by atoms with Gasteiger partial charge in [-0.2, -0.15) is 0 Å². The average molecular weight is 257 g/mol. The standard InChI is InChI=1S/C10H15N3O5/c1-3-6-9(17)11-7(14)4-13(6)10(18)12(2)5-8(15)16/h6H,3-5H2,1-2H3,(H,15,16)(H,11,14,17). The zero-order chi connectivity index (χ0) is 13.9. The molecular formula is C10H15N3O5. The highest BCUT2D eigenvalue weighted by molar-refractivity contribution is 6.04. The van der Waals surface area contributed by atoms with Crippen molar-refractivity contribution in [3.05, 3.63) is 0 Å². The summed E-state index contributed by atoms with van der Waals surface area (Å²) in [4.78, 5) is 47.3. The SMILES string of the molecule is CCC1C(=O)NC(=O)CN1C(=O)N(C)CC(=O)O. The van der Waals surface area contributed by atoms with Gasteiger partial charge in [0.1, 0.15) is 19.1 Å². The third-order valence-corrected chi connectivity index (χ3v) is 2.59. The zero-order valence-corrected chi connectivity index (χ0v) is 10.2. The van der Waals surface area contributed by atoms with E-state index in [1.807, 2.05) is 0 Å². The molecule has 1 rings (SSSR count). The topological polar surface area (TPSA) is 107 Å². The molecule has 2 N–H and O–H groups in total. The molecule has 8 heteroatoms. The fraction of sp³-hybridized carbons (Fsp3) is 0.600. The number of hydrogen-bond donors (Lipinski definition) is 2. The monoisotopic (exact) mass is 257 g/mol. The van der Waals surface area contributed by atoms with Gasteiger partial charge in [0.2, 0.25) is 11.8 Å². The number of urea groups is 1. The minimum Gasteiger partial charge on any atom is -0.480 e. The van der Waals surface area contributed by atoms with E-state index in [2.05, 4.69) is 5.32 Å². The molecular weight excluding hydrogens is 242 g/mol. The van der Waals surface area contributed by atoms with Gasteiger partial charge in [-0.05, 0) is 6.42 Å². The number of carbonyl (C=O) groups is 4. The summed E-state index contributed by atoms with van der Waals surface area (Å²) in [7, 11) is 1.31. The van der Waals surface area contributed by atoms with Crippen LogP contribution in [0.1, 0.15) is 13.3 Å². The number of nitrogens with one attached hydrogen (secondary N) is 1. The molecule has 0 saturated carbocycles. The van der Waals surface area contributed by atoms with Crippen molar-refractivity contribution in [2.24, 2.45) is 0 Å². The number of amides is 4. The fourth-order valence-electron chi connectivity index (χ4n) is 1.76. The number of likely N-dealkylation sites (N-methyl/N-ethyl adjacent to an activating group) is 1. The summed E-state index contributed by atoms with van der Waals surface area (Å²) in [5.74, 6) is -2.26. The molecule has 0 aromatic carbocycles. The summed E-state index contributed by atoms with van der Waals surface area (Å²) in [5.41, 5.74) is 0. The van der Waals surface area contributed by atoms with Gasteiger partial charge in [-0.15, -0.1) is 0 Å². The number of piperazine rings is 1. The third kappa shape index (κ3) is 2.96. The molecule has 1 unspecified atom stereocenters. The summed E-state index contributed by atoms with van der Waals surface area (Å²) in [5, 5.41) is 10.7. The van der Waals surface area contributed by atoms with Crippen LogP contribution in [0.4, 0.5) is 4.79 Å². The molecule has 1 heterocycles. The average Bonchev–Trinajstić information content (AvgIpc) is 2.26. The minimum atomic E-state index is -1.16. The fourth-order valence-corrected chi connectivity index (χ4v) is 1.76. The van der Waals surface area contributed by atoms with Crippen LogP contribution in [-0.4, -0.2) is 64.9 Å². The lowest BCUT2D eigenvalue weighted by molar-refractivity contribution is -0.138. The van der Waals surface area contributed by atoms with Gasteiger partial charge in [0.25, 0.3) is 0 Å². The van der Waals surface area contributed by atoms with Crippen LogP contribution in [0.5, 0.6) is 0 Å². The number of imide groups is 1. The van der Waals surface area contributed by atoms with Gasteiger partial charge in [-0.25, -0.2) is 4.79 Å². The first-order chi connectivity index (χ1) is 8.36. The lowest BCUT2D eigenvalue weighted by atomic mass is 10.1. The Morgan fingerprint density at radius 2 is 2.11 bits per heavy atom. The predicted octanol–water partition coefficient (Wildman–Crippen LogP) is -1.14. The highest BCUT2D eigenvalue weighted by Crippen LogP contribution is 2.11. The lowest BCUT2D eigenvalue weighted by Crippen LogP contribution is -2.61. The number of nitrogens with zero attached hydrogens (tertiary/aromatic N) is 2. The van der Waals surface area contributed by atoms with Crippen molar-refractivity contribution in [2.45, 2.75) is 19.4 Å². The van der Waals surface area contributed by atoms with E-state index >= 15 is 0 Å². The van der Waals surface area contributed by atoms with E-state index < -0.39 is 36.4 Å². The predicted molar refractivity (Wildman–Crippen MR) is 59.6 cm³/mol. The van der Waals surface area contributed by atoms with Crippen LogP contribution in [0, 0.1) is 0 Å². The number of carboxylic acids is 1. The van der Waals surface area contributed by atoms with Crippen LogP contribution >= 0.6 is 0 Å². The minimum absolute atomic E-state index is 0.243. The Kier molecular flexibility index (Phi) is 4.24. The Morgan fingerprint density at radius 3 is 2.61 bits per heavy atom. The molecule has 8 nitrogen and oxygen atoms in total. The molecule has 0 aromatic rings. The van der Waals surface area contributed by atoms with E-state index in [0.29, 0.717) is 6.42 Å². The maximum Gasteiger partial charge on any atom is 0.323 e. The first-order valence-corrected chi connectivity index (χ1v) is 5.44. The van der Waals surface area contributed by atoms with Gasteiger partial charge < -0.3 is 14.9 Å². The van der Waals surface area contributed by atoms with Crippen molar-refractivity contribution in [2.75, 3.05) is 20.1 Å². The van der Waals surface area contributed by atoms with Gasteiger partial charge >= 0.3 is 12.0 Å². The lowest BCUT2D eigenvalue weighted by Gasteiger charge is -2.35. The number of carboxylic acid groups (broad SMARTS) is 1. The molecule has 0 aliphatic carbocycles.